The molecule has 0 radical (unpaired) electrons. The van der Waals surface area contributed by atoms with Crippen molar-refractivity contribution in [1.29, 1.82) is 0 Å². The van der Waals surface area contributed by atoms with Crippen LogP contribution in [0.4, 0.5) is 0 Å². The molecule has 0 nitrogen and oxygen atoms in total. The fourth-order valence-corrected chi connectivity index (χ4v) is 0. The molecule has 0 aliphatic carbocycles. The summed E-state index contributed by atoms with van der Waals surface area (Å²) in [5, 5.41) is 0. The summed E-state index contributed by atoms with van der Waals surface area (Å²) in [5.41, 5.74) is 0. The Morgan fingerprint density at radius 1 is 1.00 bits per heavy atom. The third-order valence-corrected chi connectivity index (χ3v) is 0. The van der Waals surface area contributed by atoms with E-state index in [1.54, 1.807) is 0 Å². The first kappa shape index (κ1) is 17.8. The molecule has 0 aliphatic rings. The summed E-state index contributed by atoms with van der Waals surface area (Å²) in [4.78, 5) is 0. The maximum Gasteiger partial charge on any atom is -0.813 e. The van der Waals surface area contributed by atoms with Gasteiger partial charge in [0.2, 0.25) is 0 Å². The Labute approximate surface area is 52.4 Å². The SMILES string of the molecule is [Al+2][Cl].[SH-].[SH-]. The molecule has 0 amide bonds. The Bertz CT molecular complexity index is 6.00. The van der Waals surface area contributed by atoms with E-state index >= 15 is 0 Å². The van der Waals surface area contributed by atoms with Gasteiger partial charge >= 0.3 is 25.4 Å². The van der Waals surface area contributed by atoms with Crippen molar-refractivity contribution in [2.75, 3.05) is 0 Å². The van der Waals surface area contributed by atoms with Crippen molar-refractivity contribution < 1.29 is 0 Å². The Morgan fingerprint density at radius 3 is 1.00 bits per heavy atom. The predicted molar refractivity (Wildman–Crippen MR) is 29.1 cm³/mol. The van der Waals surface area contributed by atoms with Gasteiger partial charge < -0.3 is 27.0 Å². The molecule has 0 atom stereocenters. The van der Waals surface area contributed by atoms with Gasteiger partial charge in [-0.15, -0.1) is 0 Å². The van der Waals surface area contributed by atoms with Crippen LogP contribution in [-0.4, -0.2) is 15.4 Å². The molecule has 4 heavy (non-hydrogen) atoms. The quantitative estimate of drug-likeness (QED) is 0.251. The molecular formula is H2AlClS2. The molecule has 0 bridgehead atoms. The minimum absolute atomic E-state index is 0. The van der Waals surface area contributed by atoms with Gasteiger partial charge in [-0.25, -0.2) is 0 Å². The van der Waals surface area contributed by atoms with Crippen LogP contribution in [0.25, 0.3) is 0 Å². The van der Waals surface area contributed by atoms with Gasteiger partial charge in [-0.05, 0) is 0 Å². The van der Waals surface area contributed by atoms with Gasteiger partial charge in [0.25, 0.3) is 0 Å². The van der Waals surface area contributed by atoms with Gasteiger partial charge in [0, 0.05) is 0 Å². The largest absolute Gasteiger partial charge is 0.813 e. The van der Waals surface area contributed by atoms with Gasteiger partial charge in [0.05, 0.1) is 0 Å². The van der Waals surface area contributed by atoms with Gasteiger partial charge in [0.1, 0.15) is 0 Å². The third-order valence-electron chi connectivity index (χ3n) is 0. The number of hydrogen-bond donors (Lipinski definition) is 0. The van der Waals surface area contributed by atoms with E-state index in [2.05, 4.69) is 10.0 Å². The zero-order chi connectivity index (χ0) is 2.00. The van der Waals surface area contributed by atoms with Crippen molar-refractivity contribution in [1.82, 2.24) is 0 Å². The second-order valence-electron chi connectivity index (χ2n) is 0. The topological polar surface area (TPSA) is 0 Å². The molecule has 0 saturated carbocycles. The van der Waals surface area contributed by atoms with Crippen molar-refractivity contribution in [2.24, 2.45) is 0 Å². The summed E-state index contributed by atoms with van der Waals surface area (Å²) in [5.74, 6) is 0. The first-order chi connectivity index (χ1) is 1.00. The minimum atomic E-state index is 0. The monoisotopic (exact) mass is 128 g/mol. The summed E-state index contributed by atoms with van der Waals surface area (Å²) in [6, 6.07) is 0. The van der Waals surface area contributed by atoms with Crippen molar-refractivity contribution in [3.63, 3.8) is 0 Å². The van der Waals surface area contributed by atoms with Crippen LogP contribution < -0.4 is 0 Å². The van der Waals surface area contributed by atoms with E-state index in [0.29, 0.717) is 0 Å². The van der Waals surface area contributed by atoms with Crippen molar-refractivity contribution in [3.05, 3.63) is 0 Å². The van der Waals surface area contributed by atoms with Gasteiger partial charge in [-0.1, -0.05) is 0 Å². The van der Waals surface area contributed by atoms with Crippen LogP contribution in [0.2, 0.25) is 0 Å². The molecule has 0 N–H and O–H groups in total. The maximum atomic E-state index is 4.56. The fourth-order valence-electron chi connectivity index (χ4n) is 0. The second-order valence-corrected chi connectivity index (χ2v) is 0. The molecule has 4 heteroatoms. The summed E-state index contributed by atoms with van der Waals surface area (Å²) in [7, 11) is 4.56. The maximum absolute atomic E-state index is 4.56. The molecule has 0 aromatic carbocycles. The molecule has 0 fully saturated rings. The van der Waals surface area contributed by atoms with E-state index in [9.17, 15) is 0 Å². The molecule has 0 aromatic heterocycles. The molecule has 0 rings (SSSR count). The van der Waals surface area contributed by atoms with Crippen LogP contribution in [0.3, 0.4) is 0 Å². The first-order valence-electron chi connectivity index (χ1n) is 0.218. The molecule has 24 valence electrons. The van der Waals surface area contributed by atoms with E-state index in [1.807, 2.05) is 15.4 Å². The van der Waals surface area contributed by atoms with E-state index in [1.165, 1.54) is 0 Å². The number of rotatable bonds is 0. The third kappa shape index (κ3) is 9.67. The van der Waals surface area contributed by atoms with E-state index in [-0.39, 0.29) is 27.0 Å². The average molecular weight is 129 g/mol. The molecule has 0 spiro atoms. The summed E-state index contributed by atoms with van der Waals surface area (Å²) in [6.07, 6.45) is 0. The molecule has 0 unspecified atom stereocenters. The van der Waals surface area contributed by atoms with Gasteiger partial charge in [0.15, 0.2) is 0 Å². The average Bonchev–Trinajstić information content (AvgIpc) is 1.00. The second kappa shape index (κ2) is 24.2. The molecular weight excluding hydrogens is 127 g/mol. The van der Waals surface area contributed by atoms with Gasteiger partial charge in [-0.3, -0.25) is 0 Å². The Hall–Kier alpha value is 1.52. The Morgan fingerprint density at radius 2 is 1.00 bits per heavy atom. The number of hydrogen-bond acceptors (Lipinski definition) is 2. The van der Waals surface area contributed by atoms with Crippen LogP contribution in [0.15, 0.2) is 0 Å². The molecule has 0 saturated heterocycles. The van der Waals surface area contributed by atoms with Crippen LogP contribution in [-0.2, 0) is 27.0 Å². The number of halogens is 1. The van der Waals surface area contributed by atoms with Crippen molar-refractivity contribution in [2.45, 2.75) is 0 Å². The van der Waals surface area contributed by atoms with E-state index in [0.717, 1.165) is 0 Å². The van der Waals surface area contributed by atoms with Crippen LogP contribution >= 0.6 is 10.0 Å². The Kier molecular flexibility index (Phi) is 107. The summed E-state index contributed by atoms with van der Waals surface area (Å²) >= 11 is 1.89. The summed E-state index contributed by atoms with van der Waals surface area (Å²) in [6.45, 7) is 0. The zero-order valence-electron chi connectivity index (χ0n) is 1.85. The first-order valence-corrected chi connectivity index (χ1v) is 1.96. The standard InChI is InChI=1S/Al.ClH.2H2S/h;1H;2*1H2/q+3;;;/p-3. The Balaban J connectivity index is -0.00000000500. The number of thiol groups is 2. The predicted octanol–water partition coefficient (Wildman–Crippen LogP) is -0.232. The normalized spacial score (nSPS) is 1.75. The minimum Gasteiger partial charge on any atom is -0.813 e. The molecule has 0 aromatic rings. The zero-order valence-corrected chi connectivity index (χ0v) is 5.55. The smallest absolute Gasteiger partial charge is 0.813 e. The molecule has 0 heterocycles. The van der Waals surface area contributed by atoms with Crippen molar-refractivity contribution >= 4 is 52.4 Å². The fraction of sp³-hybridized carbons (Fsp3) is 0. The van der Waals surface area contributed by atoms with Crippen LogP contribution in [0.1, 0.15) is 0 Å². The van der Waals surface area contributed by atoms with E-state index < -0.39 is 0 Å². The van der Waals surface area contributed by atoms with Gasteiger partial charge in [-0.2, -0.15) is 0 Å². The van der Waals surface area contributed by atoms with Crippen LogP contribution in [0.5, 0.6) is 0 Å². The molecule has 0 aliphatic heterocycles. The van der Waals surface area contributed by atoms with E-state index in [4.69, 9.17) is 0 Å². The van der Waals surface area contributed by atoms with Crippen molar-refractivity contribution in [3.8, 4) is 0 Å². The summed E-state index contributed by atoms with van der Waals surface area (Å²) < 4.78 is 0. The van der Waals surface area contributed by atoms with Crippen LogP contribution in [0, 0.1) is 0 Å².